The van der Waals surface area contributed by atoms with Crippen molar-refractivity contribution >= 4 is 21.8 Å². The highest BCUT2D eigenvalue weighted by atomic mass is 79.9. The maximum Gasteiger partial charge on any atom is 0.271 e. The van der Waals surface area contributed by atoms with Crippen molar-refractivity contribution in [3.8, 4) is 0 Å². The molecule has 2 aromatic rings. The van der Waals surface area contributed by atoms with Crippen LogP contribution in [0, 0.1) is 0 Å². The second-order valence-electron chi connectivity index (χ2n) is 4.04. The van der Waals surface area contributed by atoms with Crippen LogP contribution in [-0.2, 0) is 0 Å². The molecule has 5 nitrogen and oxygen atoms in total. The molecular formula is C13H12BrN3O2. The first kappa shape index (κ1) is 13.5. The third-order valence-electron chi connectivity index (χ3n) is 2.62. The van der Waals surface area contributed by atoms with Crippen LogP contribution in [0.15, 0.2) is 45.9 Å². The van der Waals surface area contributed by atoms with E-state index in [0.29, 0.717) is 0 Å². The number of aromatic nitrogens is 2. The summed E-state index contributed by atoms with van der Waals surface area (Å²) in [7, 11) is 0. The molecule has 2 N–H and O–H groups in total. The zero-order valence-corrected chi connectivity index (χ0v) is 11.8. The summed E-state index contributed by atoms with van der Waals surface area (Å²) in [6.45, 7) is 1.88. The van der Waals surface area contributed by atoms with E-state index in [1.54, 1.807) is 0 Å². The largest absolute Gasteiger partial charge is 0.344 e. The second-order valence-corrected chi connectivity index (χ2v) is 4.96. The lowest BCUT2D eigenvalue weighted by Crippen LogP contribution is -2.28. The Kier molecular flexibility index (Phi) is 4.11. The van der Waals surface area contributed by atoms with Gasteiger partial charge in [0.2, 0.25) is 0 Å². The molecule has 0 fully saturated rings. The van der Waals surface area contributed by atoms with Gasteiger partial charge in [-0.05, 0) is 24.6 Å². The zero-order chi connectivity index (χ0) is 13.8. The lowest BCUT2D eigenvalue weighted by atomic mass is 10.1. The maximum atomic E-state index is 11.9. The molecule has 1 unspecified atom stereocenters. The van der Waals surface area contributed by atoms with E-state index in [-0.39, 0.29) is 23.2 Å². The van der Waals surface area contributed by atoms with Gasteiger partial charge in [0.05, 0.1) is 12.2 Å². The van der Waals surface area contributed by atoms with Crippen molar-refractivity contribution in [2.45, 2.75) is 13.0 Å². The van der Waals surface area contributed by atoms with Crippen molar-refractivity contribution < 1.29 is 4.79 Å². The number of aromatic amines is 1. The predicted octanol–water partition coefficient (Wildman–Crippen LogP) is 2.02. The van der Waals surface area contributed by atoms with Crippen molar-refractivity contribution in [2.24, 2.45) is 0 Å². The Hall–Kier alpha value is -1.95. The first-order chi connectivity index (χ1) is 9.06. The van der Waals surface area contributed by atoms with E-state index in [1.807, 2.05) is 31.2 Å². The first-order valence-corrected chi connectivity index (χ1v) is 6.46. The number of amides is 1. The molecular weight excluding hydrogens is 310 g/mol. The summed E-state index contributed by atoms with van der Waals surface area (Å²) in [4.78, 5) is 29.0. The van der Waals surface area contributed by atoms with Gasteiger partial charge in [-0.25, -0.2) is 4.98 Å². The number of hydrogen-bond acceptors (Lipinski definition) is 3. The average Bonchev–Trinajstić information content (AvgIpc) is 2.40. The molecule has 0 aliphatic heterocycles. The topological polar surface area (TPSA) is 74.8 Å². The number of benzene rings is 1. The third kappa shape index (κ3) is 3.51. The molecule has 19 heavy (non-hydrogen) atoms. The molecule has 0 spiro atoms. The van der Waals surface area contributed by atoms with E-state index in [0.717, 1.165) is 16.2 Å². The summed E-state index contributed by atoms with van der Waals surface area (Å²) in [6, 6.07) is 7.53. The van der Waals surface area contributed by atoms with Crippen LogP contribution < -0.4 is 10.9 Å². The summed E-state index contributed by atoms with van der Waals surface area (Å²) in [6.07, 6.45) is 2.38. The quantitative estimate of drug-likeness (QED) is 0.908. The van der Waals surface area contributed by atoms with Crippen LogP contribution in [0.4, 0.5) is 0 Å². The summed E-state index contributed by atoms with van der Waals surface area (Å²) < 4.78 is 0.983. The van der Waals surface area contributed by atoms with Crippen LogP contribution in [-0.4, -0.2) is 15.9 Å². The molecule has 0 saturated carbocycles. The van der Waals surface area contributed by atoms with Crippen molar-refractivity contribution in [1.82, 2.24) is 15.3 Å². The van der Waals surface area contributed by atoms with E-state index in [9.17, 15) is 9.59 Å². The minimum absolute atomic E-state index is 0.144. The normalized spacial score (nSPS) is 11.9. The predicted molar refractivity (Wildman–Crippen MR) is 74.9 cm³/mol. The molecule has 98 valence electrons. The molecule has 1 aromatic carbocycles. The molecule has 0 saturated heterocycles. The van der Waals surface area contributed by atoms with Crippen LogP contribution in [0.5, 0.6) is 0 Å². The van der Waals surface area contributed by atoms with Gasteiger partial charge in [-0.15, -0.1) is 0 Å². The van der Waals surface area contributed by atoms with E-state index in [1.165, 1.54) is 6.20 Å². The minimum atomic E-state index is -0.336. The Labute approximate surface area is 118 Å². The molecule has 1 heterocycles. The minimum Gasteiger partial charge on any atom is -0.344 e. The van der Waals surface area contributed by atoms with Gasteiger partial charge >= 0.3 is 0 Å². The Morgan fingerprint density at radius 3 is 2.63 bits per heavy atom. The second kappa shape index (κ2) is 5.79. The maximum absolute atomic E-state index is 11.9. The molecule has 0 bridgehead atoms. The highest BCUT2D eigenvalue weighted by Gasteiger charge is 2.12. The van der Waals surface area contributed by atoms with Crippen LogP contribution in [0.25, 0.3) is 0 Å². The monoisotopic (exact) mass is 321 g/mol. The molecule has 6 heteroatoms. The van der Waals surface area contributed by atoms with E-state index >= 15 is 0 Å². The summed E-state index contributed by atoms with van der Waals surface area (Å²) >= 11 is 3.36. The van der Waals surface area contributed by atoms with Gasteiger partial charge in [0, 0.05) is 10.7 Å². The van der Waals surface area contributed by atoms with Crippen molar-refractivity contribution in [3.05, 3.63) is 62.7 Å². The lowest BCUT2D eigenvalue weighted by molar-refractivity contribution is 0.0934. The number of nitrogens with zero attached hydrogens (tertiary/aromatic N) is 1. The third-order valence-corrected chi connectivity index (χ3v) is 3.15. The fraction of sp³-hybridized carbons (Fsp3) is 0.154. The summed E-state index contributed by atoms with van der Waals surface area (Å²) in [5.41, 5.74) is 0.835. The molecule has 0 radical (unpaired) electrons. The van der Waals surface area contributed by atoms with Crippen molar-refractivity contribution in [2.75, 3.05) is 0 Å². The van der Waals surface area contributed by atoms with Crippen LogP contribution in [0.3, 0.4) is 0 Å². The van der Waals surface area contributed by atoms with Gasteiger partial charge in [-0.2, -0.15) is 0 Å². The SMILES string of the molecule is CC(NC(=O)c1c[nH]c(=O)cn1)c1ccc(Br)cc1. The molecule has 0 aliphatic carbocycles. The number of carbonyl (C=O) groups excluding carboxylic acids is 1. The highest BCUT2D eigenvalue weighted by Crippen LogP contribution is 2.16. The number of hydrogen-bond donors (Lipinski definition) is 2. The fourth-order valence-corrected chi connectivity index (χ4v) is 1.84. The average molecular weight is 322 g/mol. The van der Waals surface area contributed by atoms with E-state index in [4.69, 9.17) is 0 Å². The Balaban J connectivity index is 2.08. The molecule has 2 rings (SSSR count). The highest BCUT2D eigenvalue weighted by molar-refractivity contribution is 9.10. The van der Waals surface area contributed by atoms with E-state index in [2.05, 4.69) is 31.2 Å². The van der Waals surface area contributed by atoms with Crippen LogP contribution in [0.2, 0.25) is 0 Å². The van der Waals surface area contributed by atoms with Gasteiger partial charge in [0.25, 0.3) is 11.5 Å². The van der Waals surface area contributed by atoms with Crippen LogP contribution >= 0.6 is 15.9 Å². The van der Waals surface area contributed by atoms with E-state index < -0.39 is 0 Å². The van der Waals surface area contributed by atoms with Gasteiger partial charge in [-0.3, -0.25) is 9.59 Å². The summed E-state index contributed by atoms with van der Waals surface area (Å²) in [5, 5.41) is 2.81. The number of H-pyrrole nitrogens is 1. The smallest absolute Gasteiger partial charge is 0.271 e. The fourth-order valence-electron chi connectivity index (χ4n) is 1.57. The molecule has 1 atom stereocenters. The Morgan fingerprint density at radius 2 is 2.05 bits per heavy atom. The molecule has 0 aliphatic rings. The van der Waals surface area contributed by atoms with Gasteiger partial charge in [0.1, 0.15) is 5.69 Å². The standard InChI is InChI=1S/C13H12BrN3O2/c1-8(9-2-4-10(14)5-3-9)17-13(19)11-6-16-12(18)7-15-11/h2-8H,1H3,(H,16,18)(H,17,19). The van der Waals surface area contributed by atoms with Crippen molar-refractivity contribution in [3.63, 3.8) is 0 Å². The lowest BCUT2D eigenvalue weighted by Gasteiger charge is -2.13. The summed E-state index contributed by atoms with van der Waals surface area (Å²) in [5.74, 6) is -0.327. The van der Waals surface area contributed by atoms with Gasteiger partial charge in [-0.1, -0.05) is 28.1 Å². The number of carbonyl (C=O) groups is 1. The Bertz CT molecular complexity index is 617. The molecule has 1 amide bonds. The van der Waals surface area contributed by atoms with Gasteiger partial charge < -0.3 is 10.3 Å². The molecule has 1 aromatic heterocycles. The first-order valence-electron chi connectivity index (χ1n) is 5.67. The zero-order valence-electron chi connectivity index (χ0n) is 10.2. The van der Waals surface area contributed by atoms with Crippen molar-refractivity contribution in [1.29, 1.82) is 0 Å². The number of nitrogens with one attached hydrogen (secondary N) is 2. The number of rotatable bonds is 3. The number of halogens is 1. The Morgan fingerprint density at radius 1 is 1.37 bits per heavy atom. The van der Waals surface area contributed by atoms with Crippen LogP contribution in [0.1, 0.15) is 29.0 Å². The van der Waals surface area contributed by atoms with Gasteiger partial charge in [0.15, 0.2) is 0 Å².